The van der Waals surface area contributed by atoms with Crippen LogP contribution in [0.3, 0.4) is 0 Å². The van der Waals surface area contributed by atoms with Crippen molar-refractivity contribution in [1.82, 2.24) is 9.21 Å². The number of carbonyl (C=O) groups is 1. The molecule has 3 aliphatic rings. The number of amides is 1. The number of piperidine rings is 1. The van der Waals surface area contributed by atoms with Gasteiger partial charge in [-0.1, -0.05) is 0 Å². The monoisotopic (exact) mass is 434 g/mol. The van der Waals surface area contributed by atoms with E-state index in [4.69, 9.17) is 4.74 Å². The van der Waals surface area contributed by atoms with Crippen LogP contribution in [0.15, 0.2) is 0 Å². The summed E-state index contributed by atoms with van der Waals surface area (Å²) in [7, 11) is 0. The average Bonchev–Trinajstić information content (AvgIpc) is 3.32. The third-order valence-electron chi connectivity index (χ3n) is 6.59. The molecule has 3 fully saturated rings. The molecule has 2 aliphatic heterocycles. The highest BCUT2D eigenvalue weighted by molar-refractivity contribution is 7.90. The van der Waals surface area contributed by atoms with Crippen LogP contribution < -0.4 is 0 Å². The maximum Gasteiger partial charge on any atom is 0.410 e. The molecular weight excluding hydrogens is 398 g/mol. The molecule has 2 heterocycles. The molecule has 0 aromatic carbocycles. The van der Waals surface area contributed by atoms with E-state index in [9.17, 15) is 18.1 Å². The quantitative estimate of drug-likeness (QED) is 0.610. The van der Waals surface area contributed by atoms with E-state index >= 15 is 0 Å². The zero-order chi connectivity index (χ0) is 22.0. The first-order valence-corrected chi connectivity index (χ1v) is 11.7. The first-order chi connectivity index (χ1) is 13.1. The van der Waals surface area contributed by atoms with Gasteiger partial charge in [0.05, 0.1) is 18.0 Å². The van der Waals surface area contributed by atoms with Gasteiger partial charge in [-0.3, -0.25) is 0 Å². The molecule has 0 radical (unpaired) electrons. The van der Waals surface area contributed by atoms with Crippen LogP contribution in [-0.4, -0.2) is 61.8 Å². The Kier molecular flexibility index (Phi) is 5.75. The Morgan fingerprint density at radius 3 is 2.17 bits per heavy atom. The van der Waals surface area contributed by atoms with Crippen LogP contribution in [0.5, 0.6) is 0 Å². The summed E-state index contributed by atoms with van der Waals surface area (Å²) in [5.41, 5.74) is -2.16. The van der Waals surface area contributed by atoms with Gasteiger partial charge in [0, 0.05) is 29.4 Å². The molecule has 0 N–H and O–H groups in total. The smallest absolute Gasteiger partial charge is 0.410 e. The van der Waals surface area contributed by atoms with Gasteiger partial charge < -0.3 is 14.2 Å². The second-order valence-corrected chi connectivity index (χ2v) is 13.4. The van der Waals surface area contributed by atoms with Crippen LogP contribution in [0, 0.1) is 10.8 Å². The van der Waals surface area contributed by atoms with Crippen LogP contribution in [0.25, 0.3) is 0 Å². The Morgan fingerprint density at radius 2 is 1.72 bits per heavy atom. The molecule has 3 rings (SSSR count). The number of alkyl halides is 2. The molecule has 8 heteroatoms. The molecule has 5 nitrogen and oxygen atoms in total. The van der Waals surface area contributed by atoms with Crippen molar-refractivity contribution in [1.29, 1.82) is 0 Å². The van der Waals surface area contributed by atoms with Gasteiger partial charge >= 0.3 is 6.09 Å². The summed E-state index contributed by atoms with van der Waals surface area (Å²) in [6.07, 6.45) is -0.415. The minimum absolute atomic E-state index is 0.00000776. The molecule has 1 saturated carbocycles. The van der Waals surface area contributed by atoms with Crippen molar-refractivity contribution in [2.24, 2.45) is 10.8 Å². The van der Waals surface area contributed by atoms with E-state index in [1.807, 2.05) is 48.5 Å². The second-order valence-electron chi connectivity index (χ2n) is 11.2. The lowest BCUT2D eigenvalue weighted by atomic mass is 9.62. The lowest BCUT2D eigenvalue weighted by Crippen LogP contribution is -2.76. The zero-order valence-electron chi connectivity index (χ0n) is 18.8. The number of hydrogen-bond acceptors (Lipinski definition) is 4. The first kappa shape index (κ1) is 23.1. The normalized spacial score (nSPS) is 33.6. The van der Waals surface area contributed by atoms with Crippen LogP contribution in [0.2, 0.25) is 0 Å². The van der Waals surface area contributed by atoms with E-state index < -0.39 is 45.0 Å². The fourth-order valence-corrected chi connectivity index (χ4v) is 6.69. The summed E-state index contributed by atoms with van der Waals surface area (Å²) >= 11 is -1.36. The average molecular weight is 435 g/mol. The van der Waals surface area contributed by atoms with Crippen molar-refractivity contribution in [3.05, 3.63) is 0 Å². The minimum Gasteiger partial charge on any atom is -0.597 e. The molecule has 168 valence electrons. The van der Waals surface area contributed by atoms with Crippen LogP contribution in [-0.2, 0) is 16.1 Å². The third-order valence-corrected chi connectivity index (χ3v) is 8.40. The fraction of sp³-hybridized carbons (Fsp3) is 0.952. The molecular formula is C21H36F2N2O3S. The van der Waals surface area contributed by atoms with E-state index in [2.05, 4.69) is 0 Å². The van der Waals surface area contributed by atoms with Gasteiger partial charge in [-0.25, -0.2) is 13.6 Å². The largest absolute Gasteiger partial charge is 0.597 e. The lowest BCUT2D eigenvalue weighted by Gasteiger charge is -2.63. The van der Waals surface area contributed by atoms with E-state index in [1.165, 1.54) is 0 Å². The topological polar surface area (TPSA) is 55.8 Å². The highest BCUT2D eigenvalue weighted by Gasteiger charge is 2.73. The van der Waals surface area contributed by atoms with Crippen molar-refractivity contribution in [3.8, 4) is 0 Å². The number of carbonyl (C=O) groups excluding carboxylic acids is 1. The molecule has 1 spiro atoms. The Balaban J connectivity index is 1.88. The van der Waals surface area contributed by atoms with Crippen molar-refractivity contribution in [3.63, 3.8) is 0 Å². The fourth-order valence-electron chi connectivity index (χ4n) is 4.98. The van der Waals surface area contributed by atoms with E-state index in [0.29, 0.717) is 25.9 Å². The predicted molar refractivity (Wildman–Crippen MR) is 110 cm³/mol. The van der Waals surface area contributed by atoms with Crippen LogP contribution >= 0.6 is 0 Å². The number of hydrogen-bond donors (Lipinski definition) is 0. The van der Waals surface area contributed by atoms with E-state index in [-0.39, 0.29) is 12.1 Å². The van der Waals surface area contributed by atoms with Gasteiger partial charge in [0.25, 0.3) is 0 Å². The van der Waals surface area contributed by atoms with Crippen LogP contribution in [0.1, 0.15) is 74.1 Å². The Bertz CT molecular complexity index is 645. The Morgan fingerprint density at radius 1 is 1.14 bits per heavy atom. The summed E-state index contributed by atoms with van der Waals surface area (Å²) in [6.45, 7) is 14.0. The molecule has 4 atom stereocenters. The maximum atomic E-state index is 14.1. The molecule has 1 aliphatic carbocycles. The van der Waals surface area contributed by atoms with Gasteiger partial charge in [-0.2, -0.15) is 0 Å². The highest BCUT2D eigenvalue weighted by atomic mass is 32.2. The molecule has 0 bridgehead atoms. The second kappa shape index (κ2) is 7.23. The van der Waals surface area contributed by atoms with Crippen molar-refractivity contribution in [2.45, 2.75) is 103 Å². The van der Waals surface area contributed by atoms with Crippen LogP contribution in [0.4, 0.5) is 13.6 Å². The number of rotatable bonds is 3. The number of nitrogens with zero attached hydrogens (tertiary/aromatic N) is 2. The highest BCUT2D eigenvalue weighted by Crippen LogP contribution is 2.65. The number of halogens is 2. The van der Waals surface area contributed by atoms with Gasteiger partial charge in [-0.15, -0.1) is 4.31 Å². The van der Waals surface area contributed by atoms with Crippen molar-refractivity contribution < 1.29 is 22.9 Å². The van der Waals surface area contributed by atoms with Gasteiger partial charge in [0.15, 0.2) is 0 Å². The maximum absolute atomic E-state index is 14.1. The van der Waals surface area contributed by atoms with E-state index in [1.54, 1.807) is 9.21 Å². The molecule has 0 unspecified atom stereocenters. The molecule has 1 amide bonds. The van der Waals surface area contributed by atoms with Gasteiger partial charge in [0.1, 0.15) is 10.3 Å². The summed E-state index contributed by atoms with van der Waals surface area (Å²) in [5, 5.41) is 0. The minimum atomic E-state index is -2.45. The summed E-state index contributed by atoms with van der Waals surface area (Å²) in [6, 6.07) is -0.465. The molecule has 0 aromatic rings. The van der Waals surface area contributed by atoms with Crippen molar-refractivity contribution >= 4 is 17.5 Å². The number of ether oxygens (including phenoxy) is 1. The summed E-state index contributed by atoms with van der Waals surface area (Å²) in [5.74, 6) is 0. The Labute approximate surface area is 176 Å². The SMILES string of the molecule is C[C@H]1CC[C@@]2(CN1C(=O)OC(C)(C)C)CN([S@+]([O-])C(C)(C)C)[C@@H]2C1(C(F)F)CC1. The number of likely N-dealkylation sites (tertiary alicyclic amines) is 1. The lowest BCUT2D eigenvalue weighted by molar-refractivity contribution is -0.139. The Hall–Kier alpha value is -0.600. The van der Waals surface area contributed by atoms with Gasteiger partial charge in [-0.05, 0) is 74.1 Å². The predicted octanol–water partition coefficient (Wildman–Crippen LogP) is 4.58. The van der Waals surface area contributed by atoms with Crippen molar-refractivity contribution in [2.75, 3.05) is 13.1 Å². The molecule has 29 heavy (non-hydrogen) atoms. The summed E-state index contributed by atoms with van der Waals surface area (Å²) < 4.78 is 48.3. The van der Waals surface area contributed by atoms with Gasteiger partial charge in [0.2, 0.25) is 6.43 Å². The molecule has 2 saturated heterocycles. The standard InChI is InChI=1S/C21H36F2N2O3S/c1-14-8-9-20(12-24(14)17(26)28-18(2,3)4)13-25(29(27)19(5,6)7)15(20)21(10-11-21)16(22)23/h14-16H,8-13H2,1-7H3/t14-,15-,20+,29+/m0/s1. The first-order valence-electron chi connectivity index (χ1n) is 10.6. The summed E-state index contributed by atoms with van der Waals surface area (Å²) in [4.78, 5) is 14.5. The third kappa shape index (κ3) is 4.13. The zero-order valence-corrected chi connectivity index (χ0v) is 19.6. The van der Waals surface area contributed by atoms with E-state index in [0.717, 1.165) is 12.8 Å². The molecule has 0 aromatic heterocycles.